The Morgan fingerprint density at radius 3 is 1.32 bits per heavy atom. The molecule has 10 nitrogen and oxygen atoms in total. The van der Waals surface area contributed by atoms with Gasteiger partial charge in [0, 0.05) is 48.0 Å². The van der Waals surface area contributed by atoms with Crippen molar-refractivity contribution in [3.8, 4) is 0 Å². The Morgan fingerprint density at radius 1 is 0.560 bits per heavy atom. The van der Waals surface area contributed by atoms with Crippen LogP contribution in [0.3, 0.4) is 0 Å². The largest absolute Gasteiger partial charge is 0.373 e. The minimum Gasteiger partial charge on any atom is -0.373 e. The summed E-state index contributed by atoms with van der Waals surface area (Å²) in [5, 5.41) is 7.70. The summed E-state index contributed by atoms with van der Waals surface area (Å²) in [7, 11) is 0. The lowest BCUT2D eigenvalue weighted by molar-refractivity contribution is -0.122. The molecule has 2 aromatic carbocycles. The van der Waals surface area contributed by atoms with Crippen LogP contribution in [0.1, 0.15) is 35.8 Å². The molecule has 10 rings (SSSR count). The molecule has 4 bridgehead atoms. The summed E-state index contributed by atoms with van der Waals surface area (Å²) in [4.78, 5) is 42.6. The monoisotopic (exact) mass is 750 g/mol. The first-order valence-corrected chi connectivity index (χ1v) is 18.1. The van der Waals surface area contributed by atoms with E-state index < -0.39 is 0 Å². The zero-order valence-electron chi connectivity index (χ0n) is 26.2. The average molecular weight is 752 g/mol. The Labute approximate surface area is 307 Å². The van der Waals surface area contributed by atoms with Crippen LogP contribution < -0.4 is 10.6 Å². The number of aromatic nitrogens is 4. The zero-order chi connectivity index (χ0) is 34.3. The third-order valence-corrected chi connectivity index (χ3v) is 12.7. The first kappa shape index (κ1) is 32.5. The van der Waals surface area contributed by atoms with Gasteiger partial charge in [-0.2, -0.15) is 0 Å². The maximum Gasteiger partial charge on any atom is 0.230 e. The summed E-state index contributed by atoms with van der Waals surface area (Å²) in [5.74, 6) is 1.58. The van der Waals surface area contributed by atoms with E-state index in [0.717, 1.165) is 24.0 Å². The third-order valence-electron chi connectivity index (χ3n) is 11.2. The van der Waals surface area contributed by atoms with E-state index in [4.69, 9.17) is 55.9 Å². The fraction of sp³-hybridized carbons (Fsp3) is 0.389. The van der Waals surface area contributed by atoms with Crippen LogP contribution in [0.5, 0.6) is 0 Å². The first-order valence-electron chi connectivity index (χ1n) is 16.6. The van der Waals surface area contributed by atoms with Gasteiger partial charge in [-0.25, -0.2) is 19.9 Å². The lowest BCUT2D eigenvalue weighted by atomic mass is 9.75. The molecule has 0 unspecified atom stereocenters. The maximum absolute atomic E-state index is 13.0. The number of amides is 2. The fourth-order valence-corrected chi connectivity index (χ4v) is 9.55. The molecule has 50 heavy (non-hydrogen) atoms. The van der Waals surface area contributed by atoms with E-state index in [-0.39, 0.29) is 59.9 Å². The number of fused-ring (bicyclic) bond motifs is 10. The highest BCUT2D eigenvalue weighted by Gasteiger charge is 2.69. The van der Waals surface area contributed by atoms with Gasteiger partial charge >= 0.3 is 0 Å². The van der Waals surface area contributed by atoms with E-state index >= 15 is 0 Å². The van der Waals surface area contributed by atoms with Gasteiger partial charge < -0.3 is 20.1 Å². The van der Waals surface area contributed by atoms with Crippen molar-refractivity contribution in [2.24, 2.45) is 35.5 Å². The summed E-state index contributed by atoms with van der Waals surface area (Å²) in [5.41, 5.74) is 3.21. The normalized spacial score (nSPS) is 34.6. The van der Waals surface area contributed by atoms with Crippen LogP contribution in [-0.4, -0.2) is 56.2 Å². The van der Waals surface area contributed by atoms with E-state index in [0.29, 0.717) is 55.1 Å². The van der Waals surface area contributed by atoms with Crippen molar-refractivity contribution in [3.63, 3.8) is 0 Å². The van der Waals surface area contributed by atoms with Gasteiger partial charge in [0.2, 0.25) is 11.8 Å². The van der Waals surface area contributed by atoms with Gasteiger partial charge in [0.15, 0.2) is 0 Å². The van der Waals surface area contributed by atoms with E-state index in [2.05, 4.69) is 30.6 Å². The van der Waals surface area contributed by atoms with Crippen molar-refractivity contribution in [1.29, 1.82) is 0 Å². The van der Waals surface area contributed by atoms with Crippen LogP contribution in [0.2, 0.25) is 20.1 Å². The Bertz CT molecular complexity index is 1840. The van der Waals surface area contributed by atoms with E-state index in [1.807, 2.05) is 0 Å². The van der Waals surface area contributed by atoms with Crippen LogP contribution in [-0.2, 0) is 19.1 Å². The van der Waals surface area contributed by atoms with Gasteiger partial charge in [0.05, 0.1) is 56.3 Å². The molecule has 2 N–H and O–H groups in total. The van der Waals surface area contributed by atoms with Gasteiger partial charge in [-0.3, -0.25) is 9.59 Å². The molecule has 6 heterocycles. The van der Waals surface area contributed by atoms with Crippen LogP contribution in [0, 0.1) is 35.5 Å². The number of ether oxygens (including phenoxy) is 2. The number of benzene rings is 2. The van der Waals surface area contributed by atoms with Crippen LogP contribution in [0.25, 0.3) is 0 Å². The molecule has 14 heteroatoms. The van der Waals surface area contributed by atoms with Gasteiger partial charge in [-0.05, 0) is 84.0 Å². The Morgan fingerprint density at radius 2 is 0.940 bits per heavy atom. The molecule has 2 amide bonds. The minimum atomic E-state index is -0.241. The summed E-state index contributed by atoms with van der Waals surface area (Å²) >= 11 is 24.0. The molecule has 4 aromatic rings. The highest BCUT2D eigenvalue weighted by molar-refractivity contribution is 6.42. The molecule has 6 aliphatic rings. The molecule has 2 saturated carbocycles. The molecule has 0 radical (unpaired) electrons. The van der Waals surface area contributed by atoms with Gasteiger partial charge in [-0.15, -0.1) is 0 Å². The summed E-state index contributed by atoms with van der Waals surface area (Å²) in [6.45, 7) is 0. The Balaban J connectivity index is 0.000000135. The second-order valence-electron chi connectivity index (χ2n) is 13.9. The highest BCUT2D eigenvalue weighted by atomic mass is 35.5. The topological polar surface area (TPSA) is 128 Å². The Kier molecular flexibility index (Phi) is 8.25. The molecular weight excluding hydrogens is 722 g/mol. The predicted octanol–water partition coefficient (Wildman–Crippen LogP) is 7.08. The molecule has 6 fully saturated rings. The van der Waals surface area contributed by atoms with E-state index in [1.54, 1.807) is 61.2 Å². The zero-order valence-corrected chi connectivity index (χ0v) is 29.2. The molecule has 0 spiro atoms. The number of carbonyl (C=O) groups excluding carboxylic acids is 2. The SMILES string of the molecule is O=C(Nc1ccc(Cl)c(Cl)c1)[C@@H]1[C@H]2O[C@H]([C@@H]3C[C@@H]32)[C@H]1c1cncnc1.O=C(Nc1ccc(Cl)c(Cl)c1)[C@H]1[C@@H]2O[C@@H]([C@H]3C[C@H]32)[C@@H]1c1cncnc1. The number of nitrogens with zero attached hydrogens (tertiary/aromatic N) is 4. The van der Waals surface area contributed by atoms with Crippen molar-refractivity contribution in [1.82, 2.24) is 19.9 Å². The Hall–Kier alpha value is -3.38. The van der Waals surface area contributed by atoms with Crippen molar-refractivity contribution >= 4 is 69.6 Å². The number of hydrogen-bond acceptors (Lipinski definition) is 8. The number of carbonyl (C=O) groups is 2. The van der Waals surface area contributed by atoms with Gasteiger partial charge in [0.25, 0.3) is 0 Å². The lowest BCUT2D eigenvalue weighted by Gasteiger charge is -2.26. The maximum atomic E-state index is 13.0. The van der Waals surface area contributed by atoms with Crippen molar-refractivity contribution < 1.29 is 19.1 Å². The average Bonchev–Trinajstić information content (AvgIpc) is 3.96. The molecule has 12 atom stereocenters. The molecule has 2 aliphatic carbocycles. The molecule has 256 valence electrons. The third kappa shape index (κ3) is 5.65. The second kappa shape index (κ2) is 12.7. The minimum absolute atomic E-state index is 0.00211. The molecule has 2 aromatic heterocycles. The molecular formula is C36H30Cl4N6O4. The number of anilines is 2. The van der Waals surface area contributed by atoms with Crippen LogP contribution in [0.4, 0.5) is 11.4 Å². The van der Waals surface area contributed by atoms with Gasteiger partial charge in [-0.1, -0.05) is 46.4 Å². The predicted molar refractivity (Wildman–Crippen MR) is 187 cm³/mol. The van der Waals surface area contributed by atoms with Crippen molar-refractivity contribution in [2.45, 2.75) is 49.1 Å². The lowest BCUT2D eigenvalue weighted by Crippen LogP contribution is -2.37. The van der Waals surface area contributed by atoms with Crippen LogP contribution >= 0.6 is 46.4 Å². The number of nitrogens with one attached hydrogen (secondary N) is 2. The summed E-state index contributed by atoms with van der Waals surface area (Å²) in [6.07, 6.45) is 12.6. The molecule has 4 saturated heterocycles. The van der Waals surface area contributed by atoms with Crippen molar-refractivity contribution in [3.05, 3.63) is 105 Å². The van der Waals surface area contributed by atoms with E-state index in [9.17, 15) is 9.59 Å². The fourth-order valence-electron chi connectivity index (χ4n) is 8.95. The first-order chi connectivity index (χ1) is 24.3. The number of rotatable bonds is 6. The standard InChI is InChI=1S/2C18H15Cl2N3O2/c2*19-12-2-1-9(3-13(12)20)23-18(24)15-14(8-5-21-7-22-6-8)16-10-4-11(10)17(15)25-16/h2*1-3,5-7,10-11,14-17H,4H2,(H,23,24)/t2*10-,11+,14+,15+,16-,17+/m10/s1. The second-order valence-corrected chi connectivity index (χ2v) is 15.6. The number of hydrogen-bond donors (Lipinski definition) is 2. The highest BCUT2D eigenvalue weighted by Crippen LogP contribution is 2.66. The summed E-state index contributed by atoms with van der Waals surface area (Å²) in [6, 6.07) is 10.2. The van der Waals surface area contributed by atoms with E-state index in [1.165, 1.54) is 12.7 Å². The van der Waals surface area contributed by atoms with Crippen molar-refractivity contribution in [2.75, 3.05) is 10.6 Å². The van der Waals surface area contributed by atoms with Crippen LogP contribution in [0.15, 0.2) is 73.8 Å². The summed E-state index contributed by atoms with van der Waals surface area (Å²) < 4.78 is 12.3. The number of halogens is 4. The smallest absolute Gasteiger partial charge is 0.230 e. The van der Waals surface area contributed by atoms with Gasteiger partial charge in [0.1, 0.15) is 12.7 Å². The quantitative estimate of drug-likeness (QED) is 0.214. The molecule has 4 aliphatic heterocycles.